The Balaban J connectivity index is 4.45. The van der Waals surface area contributed by atoms with E-state index in [1.165, 1.54) is 0 Å². The lowest BCUT2D eigenvalue weighted by atomic mass is 10.0. The average Bonchev–Trinajstić information content (AvgIpc) is 2.23. The third-order valence-electron chi connectivity index (χ3n) is 1.43. The fraction of sp³-hybridized carbons (Fsp3) is 0.667. The van der Waals surface area contributed by atoms with Crippen LogP contribution in [0.25, 0.3) is 0 Å². The second-order valence-corrected chi connectivity index (χ2v) is 2.41. The van der Waals surface area contributed by atoms with Gasteiger partial charge in [0.2, 0.25) is 5.90 Å². The van der Waals surface area contributed by atoms with E-state index in [0.29, 0.717) is 0 Å². The molecular formula is C6H11NO6. The maximum atomic E-state index is 9.98. The van der Waals surface area contributed by atoms with Gasteiger partial charge in [-0.2, -0.15) is 0 Å². The summed E-state index contributed by atoms with van der Waals surface area (Å²) in [6, 6.07) is 0. The molecule has 0 aliphatic heterocycles. The molecule has 0 aliphatic carbocycles. The molecule has 4 atom stereocenters. The monoisotopic (exact) mass is 194 g/mol. The largest absolute Gasteiger partial charge is 0.495 e. The van der Waals surface area contributed by atoms with Gasteiger partial charge in [-0.1, -0.05) is 0 Å². The molecule has 0 aliphatic rings. The molecule has 0 aromatic carbocycles. The Morgan fingerprint density at radius 1 is 1.31 bits per heavy atom. The number of aliphatic hydroxyl groups excluding tert-OH is 5. The van der Waals surface area contributed by atoms with Crippen LogP contribution in [-0.4, -0.2) is 62.1 Å². The topological polar surface area (TPSA) is 142 Å². The lowest BCUT2D eigenvalue weighted by Crippen LogP contribution is -2.47. The van der Waals surface area contributed by atoms with Gasteiger partial charge in [-0.3, -0.25) is 5.40 Å². The van der Waals surface area contributed by atoms with Crippen molar-refractivity contribution in [2.75, 3.05) is 0 Å². The van der Waals surface area contributed by atoms with E-state index in [1.807, 2.05) is 0 Å². The van der Waals surface area contributed by atoms with E-state index in [4.69, 9.17) is 26.9 Å². The smallest absolute Gasteiger partial charge is 0.210 e. The Morgan fingerprint density at radius 2 is 1.85 bits per heavy atom. The van der Waals surface area contributed by atoms with Gasteiger partial charge in [0.25, 0.3) is 0 Å². The molecule has 0 saturated carbocycles. The van der Waals surface area contributed by atoms with E-state index in [1.54, 1.807) is 0 Å². The van der Waals surface area contributed by atoms with Gasteiger partial charge in [-0.15, -0.1) is 0 Å². The molecule has 6 N–H and O–H groups in total. The van der Waals surface area contributed by atoms with Crippen LogP contribution in [0.4, 0.5) is 0 Å². The first-order chi connectivity index (χ1) is 6.45. The highest BCUT2D eigenvalue weighted by Gasteiger charge is 2.32. The van der Waals surface area contributed by atoms with Crippen molar-refractivity contribution in [1.82, 2.24) is 0 Å². The van der Waals surface area contributed by atoms with Crippen LogP contribution in [-0.2, 0) is 4.79 Å². The third kappa shape index (κ3) is 3.07. The van der Waals surface area contributed by atoms with Crippen molar-refractivity contribution >= 4 is 12.2 Å². The molecule has 0 bridgehead atoms. The molecule has 0 unspecified atom stereocenters. The van der Waals surface area contributed by atoms with Gasteiger partial charge in [-0.05, 0) is 0 Å². The van der Waals surface area contributed by atoms with Crippen LogP contribution in [0.2, 0.25) is 1.41 Å². The highest BCUT2D eigenvalue weighted by molar-refractivity contribution is 5.76. The van der Waals surface area contributed by atoms with Crippen LogP contribution in [0.3, 0.4) is 0 Å². The molecule has 0 amide bonds. The van der Waals surface area contributed by atoms with E-state index < -0.39 is 30.3 Å². The summed E-state index contributed by atoms with van der Waals surface area (Å²) >= 11 is 0. The van der Waals surface area contributed by atoms with E-state index >= 15 is 0 Å². The minimum absolute atomic E-state index is 0.0461. The number of rotatable bonds is 5. The number of nitrogens with one attached hydrogen (secondary N) is 1. The lowest BCUT2D eigenvalue weighted by molar-refractivity contribution is -0.130. The van der Waals surface area contributed by atoms with Crippen LogP contribution < -0.4 is 0 Å². The molecule has 0 aromatic heterocycles. The molecule has 0 heterocycles. The second-order valence-electron chi connectivity index (χ2n) is 2.41. The third-order valence-corrected chi connectivity index (χ3v) is 1.43. The van der Waals surface area contributed by atoms with Crippen LogP contribution in [0.15, 0.2) is 0 Å². The predicted octanol–water partition coefficient (Wildman–Crippen LogP) is -2.84. The van der Waals surface area contributed by atoms with Gasteiger partial charge in [0.05, 0.1) is 0 Å². The normalized spacial score (nSPS) is 22.8. The Labute approximate surface area is 74.8 Å². The summed E-state index contributed by atoms with van der Waals surface area (Å²) in [4.78, 5) is 9.98. The van der Waals surface area contributed by atoms with Gasteiger partial charge in [-0.25, -0.2) is 0 Å². The highest BCUT2D eigenvalue weighted by atomic mass is 16.4. The second kappa shape index (κ2) is 4.87. The van der Waals surface area contributed by atoms with Crippen molar-refractivity contribution in [1.29, 1.82) is 5.40 Å². The number of aldehydes is 1. The molecule has 7 heteroatoms. The summed E-state index contributed by atoms with van der Waals surface area (Å²) in [5.41, 5.74) is 0. The fourth-order valence-corrected chi connectivity index (χ4v) is 0.622. The minimum Gasteiger partial charge on any atom is -0.495 e. The maximum Gasteiger partial charge on any atom is 0.210 e. The van der Waals surface area contributed by atoms with E-state index in [0.717, 1.165) is 0 Å². The van der Waals surface area contributed by atoms with Crippen molar-refractivity contribution in [3.63, 3.8) is 0 Å². The van der Waals surface area contributed by atoms with Crippen LogP contribution in [0.5, 0.6) is 0 Å². The molecule has 0 rings (SSSR count). The van der Waals surface area contributed by atoms with Gasteiger partial charge in [0, 0.05) is 0 Å². The van der Waals surface area contributed by atoms with Crippen molar-refractivity contribution in [2.45, 2.75) is 24.4 Å². The summed E-state index contributed by atoms with van der Waals surface area (Å²) in [7, 11) is 0. The number of carbonyl (C=O) groups is 1. The lowest BCUT2D eigenvalue weighted by Gasteiger charge is -2.22. The van der Waals surface area contributed by atoms with Gasteiger partial charge in [0.15, 0.2) is 13.8 Å². The summed E-state index contributed by atoms with van der Waals surface area (Å²) in [6.07, 6.45) is -7.94. The fourth-order valence-electron chi connectivity index (χ4n) is 0.622. The quantitative estimate of drug-likeness (QED) is 0.158. The number of hydrogen-bond donors (Lipinski definition) is 6. The van der Waals surface area contributed by atoms with E-state index in [9.17, 15) is 4.79 Å². The highest BCUT2D eigenvalue weighted by Crippen LogP contribution is 2.03. The summed E-state index contributed by atoms with van der Waals surface area (Å²) in [5, 5.41) is 46.8. The first kappa shape index (κ1) is 10.1. The average molecular weight is 194 g/mol. The molecule has 76 valence electrons. The molecule has 0 radical (unpaired) electrons. The summed E-state index contributed by atoms with van der Waals surface area (Å²) in [5.74, 6) is -1.13. The molecule has 0 saturated heterocycles. The maximum absolute atomic E-state index is 9.98. The molecule has 13 heavy (non-hydrogen) atoms. The van der Waals surface area contributed by atoms with Crippen LogP contribution >= 0.6 is 0 Å². The Kier molecular flexibility index (Phi) is 3.77. The Morgan fingerprint density at radius 3 is 2.23 bits per heavy atom. The van der Waals surface area contributed by atoms with Crippen molar-refractivity contribution in [3.05, 3.63) is 0 Å². The van der Waals surface area contributed by atoms with Gasteiger partial charge < -0.3 is 30.3 Å². The molecule has 0 fully saturated rings. The molecular weight excluding hydrogens is 182 g/mol. The van der Waals surface area contributed by atoms with E-state index in [2.05, 4.69) is 5.40 Å². The zero-order valence-corrected chi connectivity index (χ0v) is 6.48. The van der Waals surface area contributed by atoms with Crippen molar-refractivity contribution < 1.29 is 31.7 Å². The SMILES string of the molecule is [2H]N=C(O)[C@@H](O)[C@@H](O)[C@H](O)[C@@H](O)C=O. The zero-order valence-electron chi connectivity index (χ0n) is 7.48. The Hall–Kier alpha value is -1.02. The number of hydrogen-bond acceptors (Lipinski definition) is 6. The summed E-state index contributed by atoms with van der Waals surface area (Å²) in [6.45, 7) is 0. The first-order valence-corrected chi connectivity index (χ1v) is 3.34. The zero-order chi connectivity index (χ0) is 11.3. The minimum atomic E-state index is -2.03. The van der Waals surface area contributed by atoms with Gasteiger partial charge >= 0.3 is 0 Å². The predicted molar refractivity (Wildman–Crippen MR) is 40.4 cm³/mol. The van der Waals surface area contributed by atoms with Crippen molar-refractivity contribution in [3.8, 4) is 0 Å². The standard InChI is InChI=1S/C6H11NO6/c7-6(13)5(12)4(11)3(10)2(9)1-8/h1-5,9-12H,(H2,7,13)/t2-,3+,4-,5-/m0/s1/i/hD. The molecule has 0 aromatic rings. The number of carbonyl (C=O) groups excluding carboxylic acids is 1. The summed E-state index contributed by atoms with van der Waals surface area (Å²) < 4.78 is 6.28. The first-order valence-electron chi connectivity index (χ1n) is 3.78. The Bertz CT molecular complexity index is 222. The molecule has 7 nitrogen and oxygen atoms in total. The van der Waals surface area contributed by atoms with Crippen LogP contribution in [0, 0.1) is 5.40 Å². The number of aliphatic hydroxyl groups is 5. The van der Waals surface area contributed by atoms with Crippen LogP contribution in [0.1, 0.15) is 0 Å². The van der Waals surface area contributed by atoms with E-state index in [-0.39, 0.29) is 6.29 Å². The van der Waals surface area contributed by atoms with Crippen molar-refractivity contribution in [2.24, 2.45) is 0 Å². The van der Waals surface area contributed by atoms with Gasteiger partial charge in [0.1, 0.15) is 18.3 Å². The molecule has 0 spiro atoms.